The second-order valence-electron chi connectivity index (χ2n) is 4.91. The normalized spacial score (nSPS) is 11.5. The molecule has 2 aromatic heterocycles. The smallest absolute Gasteiger partial charge is 0.344 e. The van der Waals surface area contributed by atoms with Crippen LogP contribution in [0.15, 0.2) is 42.7 Å². The topological polar surface area (TPSA) is 69.8 Å². The minimum absolute atomic E-state index is 0.233. The SMILES string of the molecule is O=C(Nc1ccc(C(F)(F)F)cc1)Nc1c[nH]c2ncc(Cl)cc12. The Kier molecular flexibility index (Phi) is 4.06. The summed E-state index contributed by atoms with van der Waals surface area (Å²) in [6.07, 6.45) is -1.41. The Balaban J connectivity index is 1.72. The number of amides is 2. The number of carbonyl (C=O) groups is 1. The van der Waals surface area contributed by atoms with E-state index in [1.54, 1.807) is 12.3 Å². The van der Waals surface area contributed by atoms with E-state index in [-0.39, 0.29) is 5.69 Å². The molecule has 0 spiro atoms. The molecule has 0 unspecified atom stereocenters. The van der Waals surface area contributed by atoms with Crippen molar-refractivity contribution < 1.29 is 18.0 Å². The van der Waals surface area contributed by atoms with E-state index in [9.17, 15) is 18.0 Å². The van der Waals surface area contributed by atoms with Crippen LogP contribution in [0.3, 0.4) is 0 Å². The highest BCUT2D eigenvalue weighted by molar-refractivity contribution is 6.31. The van der Waals surface area contributed by atoms with Gasteiger partial charge in [-0.15, -0.1) is 0 Å². The number of hydrogen-bond acceptors (Lipinski definition) is 2. The number of anilines is 2. The third-order valence-corrected chi connectivity index (χ3v) is 3.42. The molecule has 3 rings (SSSR count). The molecule has 3 N–H and O–H groups in total. The molecule has 0 bridgehead atoms. The number of aromatic amines is 1. The Labute approximate surface area is 138 Å². The lowest BCUT2D eigenvalue weighted by molar-refractivity contribution is -0.137. The van der Waals surface area contributed by atoms with Crippen molar-refractivity contribution in [2.45, 2.75) is 6.18 Å². The van der Waals surface area contributed by atoms with Crippen molar-refractivity contribution in [3.8, 4) is 0 Å². The first-order valence-corrected chi connectivity index (χ1v) is 7.08. The molecule has 0 atom stereocenters. The Bertz CT molecular complexity index is 890. The molecule has 2 heterocycles. The number of pyridine rings is 1. The van der Waals surface area contributed by atoms with E-state index in [0.717, 1.165) is 12.1 Å². The van der Waals surface area contributed by atoms with Gasteiger partial charge in [0.15, 0.2) is 0 Å². The van der Waals surface area contributed by atoms with Crippen molar-refractivity contribution in [3.63, 3.8) is 0 Å². The lowest BCUT2D eigenvalue weighted by atomic mass is 10.2. The van der Waals surface area contributed by atoms with E-state index in [0.29, 0.717) is 21.7 Å². The second kappa shape index (κ2) is 6.04. The fraction of sp³-hybridized carbons (Fsp3) is 0.0667. The van der Waals surface area contributed by atoms with Crippen molar-refractivity contribution in [2.24, 2.45) is 0 Å². The van der Waals surface area contributed by atoms with Crippen molar-refractivity contribution in [1.82, 2.24) is 9.97 Å². The van der Waals surface area contributed by atoms with Crippen molar-refractivity contribution >= 4 is 40.0 Å². The highest BCUT2D eigenvalue weighted by Crippen LogP contribution is 2.30. The minimum Gasteiger partial charge on any atom is -0.344 e. The Hall–Kier alpha value is -2.74. The number of alkyl halides is 3. The van der Waals surface area contributed by atoms with Gasteiger partial charge in [0.1, 0.15) is 5.65 Å². The molecule has 0 aliphatic heterocycles. The highest BCUT2D eigenvalue weighted by atomic mass is 35.5. The number of H-pyrrole nitrogens is 1. The molecule has 0 aliphatic carbocycles. The molecule has 0 fully saturated rings. The van der Waals surface area contributed by atoms with Crippen LogP contribution in [0.4, 0.5) is 29.3 Å². The summed E-state index contributed by atoms with van der Waals surface area (Å²) in [5.74, 6) is 0. The molecule has 24 heavy (non-hydrogen) atoms. The maximum Gasteiger partial charge on any atom is 0.416 e. The monoisotopic (exact) mass is 354 g/mol. The largest absolute Gasteiger partial charge is 0.416 e. The summed E-state index contributed by atoms with van der Waals surface area (Å²) in [4.78, 5) is 18.9. The van der Waals surface area contributed by atoms with Gasteiger partial charge in [-0.3, -0.25) is 0 Å². The summed E-state index contributed by atoms with van der Waals surface area (Å²) >= 11 is 5.87. The van der Waals surface area contributed by atoms with E-state index in [4.69, 9.17) is 11.6 Å². The van der Waals surface area contributed by atoms with Gasteiger partial charge in [-0.05, 0) is 30.3 Å². The number of benzene rings is 1. The number of carbonyl (C=O) groups excluding carboxylic acids is 1. The first-order chi connectivity index (χ1) is 11.3. The van der Waals surface area contributed by atoms with Crippen LogP contribution in [-0.4, -0.2) is 16.0 Å². The maximum atomic E-state index is 12.5. The molecular formula is C15H10ClF3N4O. The van der Waals surface area contributed by atoms with E-state index >= 15 is 0 Å². The number of halogens is 4. The van der Waals surface area contributed by atoms with Crippen LogP contribution in [0.5, 0.6) is 0 Å². The van der Waals surface area contributed by atoms with Crippen LogP contribution in [0.2, 0.25) is 5.02 Å². The Morgan fingerprint density at radius 2 is 1.88 bits per heavy atom. The molecule has 0 radical (unpaired) electrons. The van der Waals surface area contributed by atoms with E-state index in [1.165, 1.54) is 18.3 Å². The van der Waals surface area contributed by atoms with Gasteiger partial charge in [-0.25, -0.2) is 9.78 Å². The minimum atomic E-state index is -4.42. The molecule has 2 amide bonds. The molecule has 9 heteroatoms. The quantitative estimate of drug-likeness (QED) is 0.614. The summed E-state index contributed by atoms with van der Waals surface area (Å²) < 4.78 is 37.5. The summed E-state index contributed by atoms with van der Waals surface area (Å²) in [5, 5.41) is 6.06. The summed E-state index contributed by atoms with van der Waals surface area (Å²) in [7, 11) is 0. The first kappa shape index (κ1) is 16.1. The maximum absolute atomic E-state index is 12.5. The van der Waals surface area contributed by atoms with E-state index in [2.05, 4.69) is 20.6 Å². The van der Waals surface area contributed by atoms with E-state index in [1.807, 2.05) is 0 Å². The van der Waals surface area contributed by atoms with Gasteiger partial charge in [0.2, 0.25) is 0 Å². The van der Waals surface area contributed by atoms with Gasteiger partial charge in [-0.2, -0.15) is 13.2 Å². The Morgan fingerprint density at radius 1 is 1.17 bits per heavy atom. The first-order valence-electron chi connectivity index (χ1n) is 6.71. The second-order valence-corrected chi connectivity index (χ2v) is 5.34. The van der Waals surface area contributed by atoms with Crippen molar-refractivity contribution in [3.05, 3.63) is 53.3 Å². The van der Waals surface area contributed by atoms with Gasteiger partial charge >= 0.3 is 12.2 Å². The fourth-order valence-corrected chi connectivity index (χ4v) is 2.27. The molecular weight excluding hydrogens is 345 g/mol. The number of rotatable bonds is 2. The van der Waals surface area contributed by atoms with Crippen molar-refractivity contribution in [1.29, 1.82) is 0 Å². The van der Waals surface area contributed by atoms with E-state index < -0.39 is 17.8 Å². The van der Waals surface area contributed by atoms with Gasteiger partial charge in [0.05, 0.1) is 16.3 Å². The van der Waals surface area contributed by atoms with Crippen LogP contribution < -0.4 is 10.6 Å². The molecule has 0 saturated heterocycles. The average molecular weight is 355 g/mol. The number of urea groups is 1. The molecule has 0 saturated carbocycles. The number of nitrogens with zero attached hydrogens (tertiary/aromatic N) is 1. The zero-order valence-corrected chi connectivity index (χ0v) is 12.7. The molecule has 0 aliphatic rings. The third kappa shape index (κ3) is 3.43. The summed E-state index contributed by atoms with van der Waals surface area (Å²) in [6, 6.07) is 5.17. The summed E-state index contributed by atoms with van der Waals surface area (Å²) in [6.45, 7) is 0. The van der Waals surface area contributed by atoms with Gasteiger partial charge in [0.25, 0.3) is 0 Å². The fourth-order valence-electron chi connectivity index (χ4n) is 2.11. The van der Waals surface area contributed by atoms with Crippen LogP contribution in [0.1, 0.15) is 5.56 Å². The average Bonchev–Trinajstić information content (AvgIpc) is 2.89. The molecule has 1 aromatic carbocycles. The van der Waals surface area contributed by atoms with Gasteiger partial charge in [-0.1, -0.05) is 11.6 Å². The lowest BCUT2D eigenvalue weighted by Crippen LogP contribution is -2.19. The predicted molar refractivity (Wildman–Crippen MR) is 85.2 cm³/mol. The van der Waals surface area contributed by atoms with Crippen LogP contribution in [-0.2, 0) is 6.18 Å². The molecule has 5 nitrogen and oxygen atoms in total. The number of nitrogens with one attached hydrogen (secondary N) is 3. The molecule has 3 aromatic rings. The zero-order valence-electron chi connectivity index (χ0n) is 11.9. The lowest BCUT2D eigenvalue weighted by Gasteiger charge is -2.09. The molecule has 124 valence electrons. The number of fused-ring (bicyclic) bond motifs is 1. The third-order valence-electron chi connectivity index (χ3n) is 3.22. The highest BCUT2D eigenvalue weighted by Gasteiger charge is 2.29. The van der Waals surface area contributed by atoms with Crippen molar-refractivity contribution in [2.75, 3.05) is 10.6 Å². The predicted octanol–water partition coefficient (Wildman–Crippen LogP) is 4.88. The van der Waals surface area contributed by atoms with Crippen LogP contribution in [0, 0.1) is 0 Å². The van der Waals surface area contributed by atoms with Gasteiger partial charge < -0.3 is 15.6 Å². The number of hydrogen-bond donors (Lipinski definition) is 3. The van der Waals surface area contributed by atoms with Gasteiger partial charge in [0, 0.05) is 23.5 Å². The van der Waals surface area contributed by atoms with Crippen LogP contribution >= 0.6 is 11.6 Å². The zero-order chi connectivity index (χ0) is 17.3. The summed E-state index contributed by atoms with van der Waals surface area (Å²) in [5.41, 5.74) is 0.441. The Morgan fingerprint density at radius 3 is 2.54 bits per heavy atom. The standard InChI is InChI=1S/C15H10ClF3N4O/c16-9-5-11-12(7-21-13(11)20-6-9)23-14(24)22-10-3-1-8(2-4-10)15(17,18)19/h1-7H,(H,20,21)(H2,22,23,24). The van der Waals surface area contributed by atoms with Crippen LogP contribution in [0.25, 0.3) is 11.0 Å². The number of aromatic nitrogens is 2.